The monoisotopic (exact) mass is 394 g/mol. The van der Waals surface area contributed by atoms with Crippen LogP contribution in [-0.4, -0.2) is 46.3 Å². The molecule has 0 bridgehead atoms. The van der Waals surface area contributed by atoms with Gasteiger partial charge < -0.3 is 10.6 Å². The topological polar surface area (TPSA) is 82.6 Å². The van der Waals surface area contributed by atoms with Gasteiger partial charge in [0.2, 0.25) is 10.0 Å². The third kappa shape index (κ3) is 7.50. The van der Waals surface area contributed by atoms with Crippen molar-refractivity contribution < 1.29 is 8.42 Å². The fraction of sp³-hybridized carbons (Fsp3) is 0.650. The van der Waals surface area contributed by atoms with Gasteiger partial charge >= 0.3 is 0 Å². The second-order valence-corrected chi connectivity index (χ2v) is 9.76. The minimum Gasteiger partial charge on any atom is -0.357 e. The number of hydrogen-bond donors (Lipinski definition) is 3. The summed E-state index contributed by atoms with van der Waals surface area (Å²) in [5.41, 5.74) is 1.13. The van der Waals surface area contributed by atoms with Crippen molar-refractivity contribution >= 4 is 16.0 Å². The van der Waals surface area contributed by atoms with Crippen LogP contribution in [0.3, 0.4) is 0 Å². The van der Waals surface area contributed by atoms with Crippen LogP contribution in [0.2, 0.25) is 0 Å². The lowest BCUT2D eigenvalue weighted by molar-refractivity contribution is 0.316. The highest BCUT2D eigenvalue weighted by atomic mass is 32.2. The van der Waals surface area contributed by atoms with Gasteiger partial charge in [-0.25, -0.2) is 13.1 Å². The Labute approximate surface area is 164 Å². The molecule has 2 rings (SSSR count). The Morgan fingerprint density at radius 3 is 2.48 bits per heavy atom. The van der Waals surface area contributed by atoms with Crippen LogP contribution >= 0.6 is 0 Å². The van der Waals surface area contributed by atoms with E-state index in [1.807, 2.05) is 25.1 Å². The van der Waals surface area contributed by atoms with Crippen molar-refractivity contribution in [1.82, 2.24) is 15.4 Å². The van der Waals surface area contributed by atoms with E-state index in [2.05, 4.69) is 46.3 Å². The van der Waals surface area contributed by atoms with Crippen molar-refractivity contribution in [2.75, 3.05) is 31.9 Å². The van der Waals surface area contributed by atoms with E-state index in [9.17, 15) is 8.42 Å². The van der Waals surface area contributed by atoms with Crippen LogP contribution in [-0.2, 0) is 15.4 Å². The van der Waals surface area contributed by atoms with Gasteiger partial charge in [-0.2, -0.15) is 0 Å². The molecule has 0 amide bonds. The van der Waals surface area contributed by atoms with E-state index in [4.69, 9.17) is 0 Å². The van der Waals surface area contributed by atoms with E-state index >= 15 is 0 Å². The number of aliphatic imine (C=N–C) groups is 1. The number of benzene rings is 1. The molecule has 1 aromatic carbocycles. The Kier molecular flexibility index (Phi) is 8.10. The second kappa shape index (κ2) is 10.1. The summed E-state index contributed by atoms with van der Waals surface area (Å²) in [6, 6.07) is 10.3. The average molecular weight is 395 g/mol. The lowest BCUT2D eigenvalue weighted by Crippen LogP contribution is -2.42. The number of nitrogens with zero attached hydrogens (tertiary/aromatic N) is 1. The number of guanidine groups is 1. The zero-order valence-electron chi connectivity index (χ0n) is 16.8. The van der Waals surface area contributed by atoms with Gasteiger partial charge in [0.15, 0.2) is 5.96 Å². The first kappa shape index (κ1) is 21.7. The summed E-state index contributed by atoms with van der Waals surface area (Å²) in [6.45, 7) is 8.55. The van der Waals surface area contributed by atoms with E-state index in [-0.39, 0.29) is 11.2 Å². The average Bonchev–Trinajstić information content (AvgIpc) is 2.59. The molecule has 0 heterocycles. The molecule has 1 fully saturated rings. The van der Waals surface area contributed by atoms with Crippen molar-refractivity contribution in [2.45, 2.75) is 45.4 Å². The Bertz CT molecular complexity index is 698. The van der Waals surface area contributed by atoms with Crippen molar-refractivity contribution in [2.24, 2.45) is 10.9 Å². The summed E-state index contributed by atoms with van der Waals surface area (Å²) in [5, 5.41) is 6.32. The molecule has 1 aliphatic rings. The van der Waals surface area contributed by atoms with Gasteiger partial charge in [-0.3, -0.25) is 4.99 Å². The van der Waals surface area contributed by atoms with Crippen molar-refractivity contribution in [3.63, 3.8) is 0 Å². The molecule has 0 aliphatic heterocycles. The van der Waals surface area contributed by atoms with Crippen LogP contribution in [0.4, 0.5) is 0 Å². The number of rotatable bonds is 10. The van der Waals surface area contributed by atoms with Gasteiger partial charge in [-0.1, -0.05) is 50.6 Å². The minimum atomic E-state index is -3.25. The van der Waals surface area contributed by atoms with Gasteiger partial charge in [-0.15, -0.1) is 0 Å². The van der Waals surface area contributed by atoms with E-state index in [0.29, 0.717) is 31.5 Å². The molecule has 1 aromatic rings. The smallest absolute Gasteiger partial charge is 0.213 e. The molecule has 1 aliphatic carbocycles. The molecule has 0 radical (unpaired) electrons. The Morgan fingerprint density at radius 2 is 1.89 bits per heavy atom. The molecule has 0 unspecified atom stereocenters. The Hall–Kier alpha value is -1.60. The van der Waals surface area contributed by atoms with Crippen LogP contribution in [0.5, 0.6) is 0 Å². The van der Waals surface area contributed by atoms with E-state index < -0.39 is 10.0 Å². The summed E-state index contributed by atoms with van der Waals surface area (Å²) >= 11 is 0. The maximum Gasteiger partial charge on any atom is 0.213 e. The lowest BCUT2D eigenvalue weighted by atomic mass is 9.85. The molecule has 27 heavy (non-hydrogen) atoms. The maximum absolute atomic E-state index is 12.1. The molecule has 152 valence electrons. The largest absolute Gasteiger partial charge is 0.357 e. The maximum atomic E-state index is 12.1. The predicted molar refractivity (Wildman–Crippen MR) is 113 cm³/mol. The zero-order valence-corrected chi connectivity index (χ0v) is 17.6. The summed E-state index contributed by atoms with van der Waals surface area (Å²) in [4.78, 5) is 4.66. The summed E-state index contributed by atoms with van der Waals surface area (Å²) in [6.07, 6.45) is 3.49. The first-order valence-electron chi connectivity index (χ1n) is 9.87. The molecule has 3 N–H and O–H groups in total. The minimum absolute atomic E-state index is 0.0478. The number of nitrogens with one attached hydrogen (secondary N) is 3. The standard InChI is InChI=1S/C20H34N4O2S/c1-4-21-19(23-16-20(2,3)18-11-6-5-7-12-18)22-13-14-27(25,26)24-15-17-9-8-10-17/h5-7,11-12,17,24H,4,8-10,13-16H2,1-3H3,(H2,21,22,23). The van der Waals surface area contributed by atoms with Gasteiger partial charge in [0.1, 0.15) is 0 Å². The molecular formula is C20H34N4O2S. The summed E-state index contributed by atoms with van der Waals surface area (Å²) in [5.74, 6) is 1.22. The van der Waals surface area contributed by atoms with Crippen molar-refractivity contribution in [3.8, 4) is 0 Å². The quantitative estimate of drug-likeness (QED) is 0.420. The normalized spacial score (nSPS) is 16.0. The highest BCUT2D eigenvalue weighted by Crippen LogP contribution is 2.25. The fourth-order valence-corrected chi connectivity index (χ4v) is 3.92. The number of sulfonamides is 1. The molecule has 6 nitrogen and oxygen atoms in total. The number of hydrogen-bond acceptors (Lipinski definition) is 3. The molecule has 0 aromatic heterocycles. The first-order valence-corrected chi connectivity index (χ1v) is 11.5. The van der Waals surface area contributed by atoms with E-state index in [0.717, 1.165) is 19.4 Å². The van der Waals surface area contributed by atoms with Crippen molar-refractivity contribution in [3.05, 3.63) is 35.9 Å². The SMILES string of the molecule is CCNC(=NCC(C)(C)c1ccccc1)NCCS(=O)(=O)NCC1CCC1. The van der Waals surface area contributed by atoms with Crippen LogP contribution in [0.1, 0.15) is 45.6 Å². The van der Waals surface area contributed by atoms with Crippen LogP contribution < -0.4 is 15.4 Å². The van der Waals surface area contributed by atoms with E-state index in [1.54, 1.807) is 0 Å². The van der Waals surface area contributed by atoms with Crippen LogP contribution in [0.15, 0.2) is 35.3 Å². The molecule has 0 atom stereocenters. The lowest BCUT2D eigenvalue weighted by Gasteiger charge is -2.25. The van der Waals surface area contributed by atoms with E-state index in [1.165, 1.54) is 12.0 Å². The summed E-state index contributed by atoms with van der Waals surface area (Å²) < 4.78 is 26.9. The van der Waals surface area contributed by atoms with Crippen LogP contribution in [0, 0.1) is 5.92 Å². The molecular weight excluding hydrogens is 360 g/mol. The zero-order chi connectivity index (χ0) is 19.8. The third-order valence-electron chi connectivity index (χ3n) is 5.01. The molecule has 0 spiro atoms. The fourth-order valence-electron chi connectivity index (χ4n) is 2.92. The second-order valence-electron chi connectivity index (χ2n) is 7.84. The van der Waals surface area contributed by atoms with Crippen molar-refractivity contribution in [1.29, 1.82) is 0 Å². The van der Waals surface area contributed by atoms with Gasteiger partial charge in [0.05, 0.1) is 12.3 Å². The van der Waals surface area contributed by atoms with Gasteiger partial charge in [0.25, 0.3) is 0 Å². The third-order valence-corrected chi connectivity index (χ3v) is 6.36. The summed E-state index contributed by atoms with van der Waals surface area (Å²) in [7, 11) is -3.25. The first-order chi connectivity index (χ1) is 12.8. The highest BCUT2D eigenvalue weighted by molar-refractivity contribution is 7.89. The van der Waals surface area contributed by atoms with Gasteiger partial charge in [0, 0.05) is 25.0 Å². The Balaban J connectivity index is 1.83. The Morgan fingerprint density at radius 1 is 1.19 bits per heavy atom. The molecule has 0 saturated heterocycles. The van der Waals surface area contributed by atoms with Crippen LogP contribution in [0.25, 0.3) is 0 Å². The molecule has 1 saturated carbocycles. The van der Waals surface area contributed by atoms with Gasteiger partial charge in [-0.05, 0) is 31.2 Å². The molecule has 7 heteroatoms. The predicted octanol–water partition coefficient (Wildman–Crippen LogP) is 2.24. The highest BCUT2D eigenvalue weighted by Gasteiger charge is 2.21.